The number of rotatable bonds is 3. The van der Waals surface area contributed by atoms with Crippen LogP contribution in [0.2, 0.25) is 0 Å². The second kappa shape index (κ2) is 6.68. The Labute approximate surface area is 166 Å². The first-order chi connectivity index (χ1) is 13.3. The average molecular weight is 390 g/mol. The van der Waals surface area contributed by atoms with E-state index in [1.54, 1.807) is 11.3 Å². The van der Waals surface area contributed by atoms with Gasteiger partial charge in [0.2, 0.25) is 5.11 Å². The molecule has 27 heavy (non-hydrogen) atoms. The number of furan rings is 1. The van der Waals surface area contributed by atoms with E-state index in [2.05, 4.69) is 0 Å². The minimum atomic E-state index is -0.362. The van der Waals surface area contributed by atoms with Crippen LogP contribution in [-0.2, 0) is 0 Å². The van der Waals surface area contributed by atoms with Gasteiger partial charge < -0.3 is 4.42 Å². The second-order valence-corrected chi connectivity index (χ2v) is 7.30. The molecule has 0 bridgehead atoms. The van der Waals surface area contributed by atoms with Gasteiger partial charge in [-0.2, -0.15) is 10.1 Å². The molecular formula is C20H14N4OS2. The third-order valence-corrected chi connectivity index (χ3v) is 5.62. The largest absolute Gasteiger partial charge is 0.465 e. The summed E-state index contributed by atoms with van der Waals surface area (Å²) < 4.78 is 5.66. The van der Waals surface area contributed by atoms with Crippen molar-refractivity contribution in [1.29, 1.82) is 0 Å². The number of hydrazone groups is 1. The van der Waals surface area contributed by atoms with E-state index in [0.717, 1.165) is 27.2 Å². The first-order valence-electron chi connectivity index (χ1n) is 8.43. The summed E-state index contributed by atoms with van der Waals surface area (Å²) in [6.07, 6.45) is 1.29. The molecule has 1 aromatic heterocycles. The fourth-order valence-electron chi connectivity index (χ4n) is 3.03. The molecule has 1 atom stereocenters. The van der Waals surface area contributed by atoms with Crippen LogP contribution in [-0.4, -0.2) is 20.3 Å². The number of amidine groups is 1. The molecule has 0 N–H and O–H groups in total. The van der Waals surface area contributed by atoms with Crippen molar-refractivity contribution in [2.75, 3.05) is 4.90 Å². The van der Waals surface area contributed by atoms with E-state index in [1.165, 1.54) is 11.8 Å². The Balaban J connectivity index is 1.59. The van der Waals surface area contributed by atoms with Crippen molar-refractivity contribution >= 4 is 45.0 Å². The molecule has 0 fully saturated rings. The van der Waals surface area contributed by atoms with Gasteiger partial charge in [0, 0.05) is 11.3 Å². The van der Waals surface area contributed by atoms with Crippen molar-refractivity contribution in [3.05, 3.63) is 90.4 Å². The second-order valence-electron chi connectivity index (χ2n) is 5.97. The van der Waals surface area contributed by atoms with E-state index in [-0.39, 0.29) is 6.17 Å². The summed E-state index contributed by atoms with van der Waals surface area (Å²) >= 11 is 7.33. The summed E-state index contributed by atoms with van der Waals surface area (Å²) in [6, 6.07) is 23.8. The van der Waals surface area contributed by atoms with E-state index in [0.29, 0.717) is 5.11 Å². The van der Waals surface area contributed by atoms with Crippen molar-refractivity contribution in [2.24, 2.45) is 10.1 Å². The lowest BCUT2D eigenvalue weighted by Crippen LogP contribution is -2.47. The number of hydrogen-bond donors (Lipinski definition) is 0. The monoisotopic (exact) mass is 390 g/mol. The zero-order valence-corrected chi connectivity index (χ0v) is 15.7. The number of fused-ring (bicyclic) bond motifs is 1. The Hall–Kier alpha value is -2.90. The van der Waals surface area contributed by atoms with E-state index < -0.39 is 0 Å². The van der Waals surface area contributed by atoms with Gasteiger partial charge in [0.25, 0.3) is 0 Å². The molecule has 0 saturated heterocycles. The zero-order valence-electron chi connectivity index (χ0n) is 14.1. The number of nitrogens with zero attached hydrogens (tertiary/aromatic N) is 4. The van der Waals surface area contributed by atoms with Crippen LogP contribution in [0.15, 0.2) is 93.6 Å². The third kappa shape index (κ3) is 2.85. The number of aliphatic imine (C=N–C) groups is 1. The van der Waals surface area contributed by atoms with Gasteiger partial charge in [-0.15, -0.1) is 0 Å². The van der Waals surface area contributed by atoms with E-state index >= 15 is 0 Å². The lowest BCUT2D eigenvalue weighted by molar-refractivity contribution is 0.458. The van der Waals surface area contributed by atoms with Gasteiger partial charge in [-0.05, 0) is 48.2 Å². The highest BCUT2D eigenvalue weighted by atomic mass is 32.2. The third-order valence-electron chi connectivity index (χ3n) is 4.28. The fraction of sp³-hybridized carbons (Fsp3) is 0.0500. The van der Waals surface area contributed by atoms with Crippen molar-refractivity contribution < 1.29 is 4.42 Å². The normalized spacial score (nSPS) is 19.0. The lowest BCUT2D eigenvalue weighted by atomic mass is 10.2. The molecule has 2 aliphatic heterocycles. The minimum absolute atomic E-state index is 0.362. The number of thioether (sulfide) groups is 1. The molecular weight excluding hydrogens is 376 g/mol. The maximum Gasteiger partial charge on any atom is 0.205 e. The number of benzene rings is 2. The van der Waals surface area contributed by atoms with Gasteiger partial charge in [-0.3, -0.25) is 4.90 Å². The summed E-state index contributed by atoms with van der Waals surface area (Å²) in [5, 5.41) is 8.66. The van der Waals surface area contributed by atoms with Crippen LogP contribution in [0.25, 0.3) is 0 Å². The Bertz CT molecular complexity index is 1030. The van der Waals surface area contributed by atoms with Crippen molar-refractivity contribution in [3.8, 4) is 0 Å². The predicted octanol–water partition coefficient (Wildman–Crippen LogP) is 4.85. The maximum atomic E-state index is 5.81. The van der Waals surface area contributed by atoms with Gasteiger partial charge in [0.05, 0.1) is 6.26 Å². The van der Waals surface area contributed by atoms with Crippen LogP contribution >= 0.6 is 24.0 Å². The zero-order chi connectivity index (χ0) is 18.2. The van der Waals surface area contributed by atoms with E-state index in [1.807, 2.05) is 77.7 Å². The SMILES string of the molecule is S=C1N2N=C(c3ccccc3)SC2=N[C@@H](c2ccco2)N1c1ccccc1. The van der Waals surface area contributed by atoms with Crippen molar-refractivity contribution in [3.63, 3.8) is 0 Å². The molecule has 7 heteroatoms. The van der Waals surface area contributed by atoms with Gasteiger partial charge >= 0.3 is 0 Å². The highest BCUT2D eigenvalue weighted by molar-refractivity contribution is 8.27. The van der Waals surface area contributed by atoms with Crippen molar-refractivity contribution in [2.45, 2.75) is 6.17 Å². The van der Waals surface area contributed by atoms with Crippen molar-refractivity contribution in [1.82, 2.24) is 5.01 Å². The molecule has 0 unspecified atom stereocenters. The Morgan fingerprint density at radius 1 is 0.926 bits per heavy atom. The topological polar surface area (TPSA) is 44.3 Å². The molecule has 0 aliphatic carbocycles. The van der Waals surface area contributed by atoms with Gasteiger partial charge in [0.1, 0.15) is 10.8 Å². The average Bonchev–Trinajstić information content (AvgIpc) is 3.39. The summed E-state index contributed by atoms with van der Waals surface area (Å²) in [4.78, 5) is 6.87. The summed E-state index contributed by atoms with van der Waals surface area (Å²) in [7, 11) is 0. The molecule has 0 spiro atoms. The molecule has 5 nitrogen and oxygen atoms in total. The fourth-order valence-corrected chi connectivity index (χ4v) is 4.33. The predicted molar refractivity (Wildman–Crippen MR) is 113 cm³/mol. The summed E-state index contributed by atoms with van der Waals surface area (Å²) in [6.45, 7) is 0. The van der Waals surface area contributed by atoms with Crippen LogP contribution in [0.1, 0.15) is 17.5 Å². The van der Waals surface area contributed by atoms with Gasteiger partial charge in [0.15, 0.2) is 11.3 Å². The summed E-state index contributed by atoms with van der Waals surface area (Å²) in [5.41, 5.74) is 1.99. The van der Waals surface area contributed by atoms with Gasteiger partial charge in [-0.1, -0.05) is 48.5 Å². The summed E-state index contributed by atoms with van der Waals surface area (Å²) in [5.74, 6) is 0.738. The van der Waals surface area contributed by atoms with Crippen LogP contribution in [0, 0.1) is 0 Å². The minimum Gasteiger partial charge on any atom is -0.465 e. The molecule has 3 heterocycles. The number of anilines is 1. The Morgan fingerprint density at radius 2 is 1.67 bits per heavy atom. The van der Waals surface area contributed by atoms with E-state index in [4.69, 9.17) is 26.7 Å². The number of thiocarbonyl (C=S) groups is 1. The number of hydrogen-bond acceptors (Lipinski definition) is 5. The molecule has 5 rings (SSSR count). The Kier molecular flexibility index (Phi) is 4.03. The molecule has 3 aromatic rings. The lowest BCUT2D eigenvalue weighted by Gasteiger charge is -2.36. The molecule has 2 aromatic carbocycles. The standard InChI is InChI=1S/C20H14N4OS2/c26-20-23(15-10-5-2-6-11-15)17(16-12-7-13-25-16)21-19-24(20)22-18(27-19)14-8-3-1-4-9-14/h1-13,17H/t17-/m1/s1. The molecule has 0 radical (unpaired) electrons. The van der Waals surface area contributed by atoms with Crippen LogP contribution in [0.5, 0.6) is 0 Å². The molecule has 132 valence electrons. The molecule has 2 aliphatic rings. The smallest absolute Gasteiger partial charge is 0.205 e. The van der Waals surface area contributed by atoms with Gasteiger partial charge in [-0.25, -0.2) is 4.99 Å². The first-order valence-corrected chi connectivity index (χ1v) is 9.65. The first kappa shape index (κ1) is 16.3. The molecule has 0 amide bonds. The number of para-hydroxylation sites is 1. The highest BCUT2D eigenvalue weighted by Gasteiger charge is 2.40. The molecule has 0 saturated carbocycles. The maximum absolute atomic E-state index is 5.81. The Morgan fingerprint density at radius 3 is 2.37 bits per heavy atom. The van der Waals surface area contributed by atoms with E-state index in [9.17, 15) is 0 Å². The van der Waals surface area contributed by atoms with Crippen LogP contribution in [0.3, 0.4) is 0 Å². The highest BCUT2D eigenvalue weighted by Crippen LogP contribution is 2.38. The van der Waals surface area contributed by atoms with Crippen LogP contribution < -0.4 is 4.90 Å². The quantitative estimate of drug-likeness (QED) is 0.598. The van der Waals surface area contributed by atoms with Crippen LogP contribution in [0.4, 0.5) is 5.69 Å².